The third kappa shape index (κ3) is 13.1. The van der Waals surface area contributed by atoms with Crippen LogP contribution in [-0.4, -0.2) is 354 Å². The lowest BCUT2D eigenvalue weighted by Crippen LogP contribution is -2.68. The van der Waals surface area contributed by atoms with Gasteiger partial charge in [-0.15, -0.1) is 0 Å². The van der Waals surface area contributed by atoms with E-state index in [9.17, 15) is 112 Å². The first-order valence-corrected chi connectivity index (χ1v) is 25.7. The van der Waals surface area contributed by atoms with E-state index >= 15 is 0 Å². The van der Waals surface area contributed by atoms with Gasteiger partial charge in [0, 0.05) is 12.5 Å². The van der Waals surface area contributed by atoms with Gasteiger partial charge >= 0.3 is 0 Å². The summed E-state index contributed by atoms with van der Waals surface area (Å²) in [6.45, 7) is -3.99. The first-order valence-electron chi connectivity index (χ1n) is 25.7. The molecule has 6 saturated heterocycles. The predicted molar refractivity (Wildman–Crippen MR) is 241 cm³/mol. The molecule has 1 saturated carbocycles. The zero-order valence-corrected chi connectivity index (χ0v) is 41.9. The summed E-state index contributed by atoms with van der Waals surface area (Å²) in [4.78, 5) is 0. The fourth-order valence-electron chi connectivity index (χ4n) is 11.1. The van der Waals surface area contributed by atoms with Crippen molar-refractivity contribution in [3.05, 3.63) is 0 Å². The highest BCUT2D eigenvalue weighted by Crippen LogP contribution is 2.39. The van der Waals surface area contributed by atoms with E-state index in [2.05, 4.69) is 0 Å². The molecule has 6 heterocycles. The largest absolute Gasteiger partial charge is 0.396 e. The topological polar surface area (TPSA) is 547 Å². The van der Waals surface area contributed by atoms with Crippen LogP contribution in [0.15, 0.2) is 0 Å². The van der Waals surface area contributed by atoms with Gasteiger partial charge < -0.3 is 164 Å². The Labute approximate surface area is 443 Å². The quantitative estimate of drug-likeness (QED) is 0.0571. The Balaban J connectivity index is 1.04. The molecule has 33 nitrogen and oxygen atoms in total. The number of hydrogen-bond acceptors (Lipinski definition) is 33. The summed E-state index contributed by atoms with van der Waals surface area (Å²) in [6.07, 6.45) is -60.7. The second kappa shape index (κ2) is 27.6. The van der Waals surface area contributed by atoms with E-state index < -0.39 is 254 Å². The number of ether oxygens (including phenoxy) is 11. The van der Waals surface area contributed by atoms with Crippen LogP contribution in [0.1, 0.15) is 26.2 Å². The number of aliphatic hydroxyl groups excluding tert-OH is 22. The van der Waals surface area contributed by atoms with Gasteiger partial charge in [0.05, 0.1) is 57.5 Å². The smallest absolute Gasteiger partial charge is 0.187 e. The summed E-state index contributed by atoms with van der Waals surface area (Å²) < 4.78 is 62.5. The van der Waals surface area contributed by atoms with Crippen LogP contribution < -0.4 is 0 Å². The monoisotopic (exact) mass is 1150 g/mol. The van der Waals surface area contributed by atoms with Gasteiger partial charge in [-0.1, -0.05) is 0 Å². The van der Waals surface area contributed by atoms with Crippen LogP contribution in [0.3, 0.4) is 0 Å². The van der Waals surface area contributed by atoms with E-state index in [0.717, 1.165) is 0 Å². The lowest BCUT2D eigenvalue weighted by Gasteiger charge is -2.50. The summed E-state index contributed by atoms with van der Waals surface area (Å²) in [5.74, 6) is -1.42. The molecular formula is C45H78O33. The van der Waals surface area contributed by atoms with Gasteiger partial charge in [0.15, 0.2) is 31.5 Å². The van der Waals surface area contributed by atoms with Crippen LogP contribution >= 0.6 is 0 Å². The van der Waals surface area contributed by atoms with Crippen molar-refractivity contribution in [2.24, 2.45) is 11.8 Å². The molecule has 35 atom stereocenters. The molecule has 1 aliphatic carbocycles. The fourth-order valence-corrected chi connectivity index (χ4v) is 11.1. The zero-order chi connectivity index (χ0) is 57.3. The Morgan fingerprint density at radius 3 is 0.885 bits per heavy atom. The van der Waals surface area contributed by atoms with Crippen molar-refractivity contribution >= 4 is 0 Å². The minimum atomic E-state index is -2.27. The maximum absolute atomic E-state index is 11.7. The van der Waals surface area contributed by atoms with E-state index in [-0.39, 0.29) is 19.3 Å². The summed E-state index contributed by atoms with van der Waals surface area (Å²) >= 11 is 0. The van der Waals surface area contributed by atoms with Crippen molar-refractivity contribution in [1.29, 1.82) is 0 Å². The van der Waals surface area contributed by atoms with Crippen LogP contribution in [0.4, 0.5) is 0 Å². The van der Waals surface area contributed by atoms with Crippen molar-refractivity contribution in [2.75, 3.05) is 39.6 Å². The van der Waals surface area contributed by atoms with Gasteiger partial charge in [-0.25, -0.2) is 0 Å². The van der Waals surface area contributed by atoms with Crippen molar-refractivity contribution in [3.8, 4) is 0 Å². The minimum Gasteiger partial charge on any atom is -0.396 e. The molecule has 0 bridgehead atoms. The van der Waals surface area contributed by atoms with Gasteiger partial charge in [-0.3, -0.25) is 0 Å². The summed E-state index contributed by atoms with van der Waals surface area (Å²) in [6, 6.07) is 0. The minimum absolute atomic E-state index is 0.0183. The summed E-state index contributed by atoms with van der Waals surface area (Å²) in [5.41, 5.74) is 0. The maximum Gasteiger partial charge on any atom is 0.187 e. The standard InChI is InChI=1S/C45H78O33/c1-11-20(52)36(24(56)14(68-11)3-2-12-4-13(5-46)22(54)29(61)21(12)53)74-42-33(65)38(26(58)17(8-49)70-42)76-44-35(67)40(28(60)19(10-51)72-44)78-45-34(66)39(27(59)18(9-50)73-45)77-43-32(64)37(25(57)16(7-48)71-43)75-41-31(63)30(62)23(55)15(6-47)69-41/h11-67H,2-10H2,1H3/t11-,12+,13?,14?,15?,16?,17?,18?,19?,20?,21?,22-,23-,24-,25-,26-,27-,28-,29+,30-,31?,32?,33?,34?,35?,36+,37-,38-,39-,40-,41-,42-,43-,44-,45-/m0/s1. The van der Waals surface area contributed by atoms with E-state index in [1.54, 1.807) is 0 Å². The molecule has 14 unspecified atom stereocenters. The van der Waals surface area contributed by atoms with Crippen LogP contribution in [0.5, 0.6) is 0 Å². The molecule has 78 heavy (non-hydrogen) atoms. The molecular weight excluding hydrogens is 1070 g/mol. The Morgan fingerprint density at radius 2 is 0.551 bits per heavy atom. The highest BCUT2D eigenvalue weighted by Gasteiger charge is 2.58. The zero-order valence-electron chi connectivity index (χ0n) is 41.9. The highest BCUT2D eigenvalue weighted by atomic mass is 16.8. The molecule has 7 fully saturated rings. The van der Waals surface area contributed by atoms with Crippen LogP contribution in [0, 0.1) is 11.8 Å². The lowest BCUT2D eigenvalue weighted by molar-refractivity contribution is -0.397. The molecule has 6 aliphatic heterocycles. The summed E-state index contributed by atoms with van der Waals surface area (Å²) in [7, 11) is 0. The normalized spacial score (nSPS) is 53.5. The third-order valence-corrected chi connectivity index (χ3v) is 15.8. The molecule has 0 aromatic heterocycles. The van der Waals surface area contributed by atoms with E-state index in [1.807, 2.05) is 0 Å². The first-order chi connectivity index (χ1) is 37.0. The second-order valence-electron chi connectivity index (χ2n) is 20.9. The number of aliphatic hydroxyl groups is 22. The molecule has 0 aromatic carbocycles. The van der Waals surface area contributed by atoms with Crippen molar-refractivity contribution in [3.63, 3.8) is 0 Å². The molecule has 456 valence electrons. The predicted octanol–water partition coefficient (Wildman–Crippen LogP) is -13.5. The fraction of sp³-hybridized carbons (Fsp3) is 1.00. The molecule has 7 aliphatic rings. The molecule has 0 radical (unpaired) electrons. The van der Waals surface area contributed by atoms with Gasteiger partial charge in [0.2, 0.25) is 0 Å². The SMILES string of the molecule is C[C@@H]1OC(CC[C@@H]2CC(CO)[C@H](O)[C@H](O)C2O)[C@H](O)[C@H](O[C@@H]2OC(CO)[C@H](O)[C@H](O[C@@H]3OC(CO)[C@H](O)[C@H](O[C@@H]4OC(CO)[C@H](O)[C@H](O[C@@H]5OC(CO)[C@H](O)[C@H](O[C@@H]6OC(CO)[C@H](O)[C@H](O)C6O)C5O)C4O)C3O)C2O)C1O. The second-order valence-corrected chi connectivity index (χ2v) is 20.9. The average Bonchev–Trinajstić information content (AvgIpc) is 3.58. The lowest BCUT2D eigenvalue weighted by atomic mass is 9.73. The Morgan fingerprint density at radius 1 is 0.269 bits per heavy atom. The van der Waals surface area contributed by atoms with Gasteiger partial charge in [-0.05, 0) is 32.1 Å². The van der Waals surface area contributed by atoms with Crippen molar-refractivity contribution < 1.29 is 164 Å². The van der Waals surface area contributed by atoms with Gasteiger partial charge in [0.1, 0.15) is 146 Å². The average molecular weight is 1150 g/mol. The van der Waals surface area contributed by atoms with E-state index in [0.29, 0.717) is 0 Å². The van der Waals surface area contributed by atoms with Crippen LogP contribution in [0.25, 0.3) is 0 Å². The molecule has 7 rings (SSSR count). The Kier molecular flexibility index (Phi) is 22.7. The maximum atomic E-state index is 11.7. The highest BCUT2D eigenvalue weighted by molar-refractivity contribution is 5.01. The molecule has 0 aromatic rings. The third-order valence-electron chi connectivity index (χ3n) is 15.8. The van der Waals surface area contributed by atoms with Crippen molar-refractivity contribution in [1.82, 2.24) is 0 Å². The Bertz CT molecular complexity index is 1810. The van der Waals surface area contributed by atoms with Crippen molar-refractivity contribution in [2.45, 2.75) is 229 Å². The molecule has 22 N–H and O–H groups in total. The molecule has 0 amide bonds. The van der Waals surface area contributed by atoms with E-state index in [1.165, 1.54) is 6.92 Å². The Hall–Kier alpha value is -1.32. The first kappa shape index (κ1) is 64.2. The molecule has 33 heteroatoms. The van der Waals surface area contributed by atoms with Crippen LogP contribution in [0.2, 0.25) is 0 Å². The number of hydrogen-bond donors (Lipinski definition) is 22. The van der Waals surface area contributed by atoms with Crippen LogP contribution in [-0.2, 0) is 52.1 Å². The van der Waals surface area contributed by atoms with Gasteiger partial charge in [0.25, 0.3) is 0 Å². The molecule has 0 spiro atoms. The number of rotatable bonds is 19. The summed E-state index contributed by atoms with van der Waals surface area (Å²) in [5, 5.41) is 236. The van der Waals surface area contributed by atoms with Gasteiger partial charge in [-0.2, -0.15) is 0 Å². The van der Waals surface area contributed by atoms with E-state index in [4.69, 9.17) is 52.1 Å².